The Morgan fingerprint density at radius 2 is 2.37 bits per heavy atom. The molecule has 100 valence electrons. The van der Waals surface area contributed by atoms with Gasteiger partial charge in [-0.2, -0.15) is 5.10 Å². The summed E-state index contributed by atoms with van der Waals surface area (Å²) in [4.78, 5) is 26.1. The summed E-state index contributed by atoms with van der Waals surface area (Å²) in [6.07, 6.45) is 2.83. The summed E-state index contributed by atoms with van der Waals surface area (Å²) in [7, 11) is 0. The van der Waals surface area contributed by atoms with Crippen LogP contribution in [0.1, 0.15) is 18.7 Å². The number of nitrogens with one attached hydrogen (secondary N) is 1. The Kier molecular flexibility index (Phi) is 3.56. The molecule has 1 atom stereocenters. The molecule has 0 aliphatic rings. The van der Waals surface area contributed by atoms with Gasteiger partial charge in [-0.25, -0.2) is 4.98 Å². The first-order chi connectivity index (χ1) is 8.99. The number of rotatable bonds is 4. The zero-order chi connectivity index (χ0) is 14.0. The Morgan fingerprint density at radius 1 is 1.63 bits per heavy atom. The summed E-state index contributed by atoms with van der Waals surface area (Å²) in [6, 6.07) is -0.656. The number of amides is 1. The lowest BCUT2D eigenvalue weighted by molar-refractivity contribution is -0.385. The van der Waals surface area contributed by atoms with E-state index in [2.05, 4.69) is 15.4 Å². The molecular weight excluding hydrogens is 270 g/mol. The number of anilines is 1. The van der Waals surface area contributed by atoms with E-state index >= 15 is 0 Å². The fraction of sp³-hybridized carbons (Fsp3) is 0.300. The van der Waals surface area contributed by atoms with Crippen LogP contribution in [-0.4, -0.2) is 25.6 Å². The largest absolute Gasteiger partial charge is 0.309 e. The van der Waals surface area contributed by atoms with Gasteiger partial charge in [0, 0.05) is 11.6 Å². The van der Waals surface area contributed by atoms with Crippen LogP contribution >= 0.6 is 11.3 Å². The van der Waals surface area contributed by atoms with E-state index in [9.17, 15) is 14.9 Å². The molecule has 1 N–H and O–H groups in total. The van der Waals surface area contributed by atoms with Crippen molar-refractivity contribution in [2.45, 2.75) is 19.9 Å². The molecule has 0 radical (unpaired) electrons. The molecule has 8 nitrogen and oxygen atoms in total. The van der Waals surface area contributed by atoms with Crippen LogP contribution in [0.3, 0.4) is 0 Å². The van der Waals surface area contributed by atoms with Crippen molar-refractivity contribution < 1.29 is 9.72 Å². The predicted octanol–water partition coefficient (Wildman–Crippen LogP) is 1.76. The van der Waals surface area contributed by atoms with Gasteiger partial charge in [0.05, 0.1) is 4.92 Å². The van der Waals surface area contributed by atoms with Gasteiger partial charge in [-0.1, -0.05) is 0 Å². The normalized spacial score (nSPS) is 12.1. The second-order valence-electron chi connectivity index (χ2n) is 3.84. The second kappa shape index (κ2) is 5.14. The second-order valence-corrected chi connectivity index (χ2v) is 4.73. The molecule has 2 rings (SSSR count). The van der Waals surface area contributed by atoms with Crippen molar-refractivity contribution in [1.29, 1.82) is 0 Å². The van der Waals surface area contributed by atoms with Gasteiger partial charge in [0.15, 0.2) is 5.13 Å². The maximum absolute atomic E-state index is 11.9. The SMILES string of the molecule is Cc1nn([C@H](C)C(=O)Nc2nccs2)cc1[N+](=O)[O-]. The molecule has 9 heteroatoms. The number of nitro groups is 1. The molecule has 2 aromatic heterocycles. The molecule has 19 heavy (non-hydrogen) atoms. The van der Waals surface area contributed by atoms with E-state index in [1.807, 2.05) is 0 Å². The molecule has 0 bridgehead atoms. The Hall–Kier alpha value is -2.29. The van der Waals surface area contributed by atoms with E-state index in [-0.39, 0.29) is 17.3 Å². The van der Waals surface area contributed by atoms with Crippen molar-refractivity contribution >= 4 is 28.1 Å². The van der Waals surface area contributed by atoms with Crippen LogP contribution in [-0.2, 0) is 4.79 Å². The Balaban J connectivity index is 2.15. The van der Waals surface area contributed by atoms with Crippen molar-refractivity contribution in [2.75, 3.05) is 5.32 Å². The maximum atomic E-state index is 11.9. The Morgan fingerprint density at radius 3 is 2.89 bits per heavy atom. The molecule has 0 saturated carbocycles. The number of carbonyl (C=O) groups excluding carboxylic acids is 1. The van der Waals surface area contributed by atoms with E-state index in [0.29, 0.717) is 5.13 Å². The fourth-order valence-corrected chi connectivity index (χ4v) is 2.00. The van der Waals surface area contributed by atoms with Crippen LogP contribution < -0.4 is 5.32 Å². The molecule has 0 fully saturated rings. The maximum Gasteiger partial charge on any atom is 0.309 e. The number of hydrogen-bond acceptors (Lipinski definition) is 6. The molecule has 2 heterocycles. The highest BCUT2D eigenvalue weighted by Gasteiger charge is 2.22. The number of aromatic nitrogens is 3. The van der Waals surface area contributed by atoms with E-state index in [4.69, 9.17) is 0 Å². The van der Waals surface area contributed by atoms with Crippen molar-refractivity contribution in [2.24, 2.45) is 0 Å². The molecule has 0 aromatic carbocycles. The lowest BCUT2D eigenvalue weighted by atomic mass is 10.3. The van der Waals surface area contributed by atoms with Crippen LogP contribution in [0.4, 0.5) is 10.8 Å². The lowest BCUT2D eigenvalue weighted by Crippen LogP contribution is -2.24. The number of carbonyl (C=O) groups is 1. The number of hydrogen-bond donors (Lipinski definition) is 1. The molecule has 0 saturated heterocycles. The molecule has 0 aliphatic carbocycles. The predicted molar refractivity (Wildman–Crippen MR) is 69.1 cm³/mol. The minimum atomic E-state index is -0.656. The van der Waals surface area contributed by atoms with Gasteiger partial charge in [-0.05, 0) is 13.8 Å². The third kappa shape index (κ3) is 2.76. The molecule has 2 aromatic rings. The highest BCUT2D eigenvalue weighted by atomic mass is 32.1. The van der Waals surface area contributed by atoms with Gasteiger partial charge >= 0.3 is 5.69 Å². The van der Waals surface area contributed by atoms with Gasteiger partial charge in [0.25, 0.3) is 5.91 Å². The Bertz CT molecular complexity index is 607. The number of nitrogens with zero attached hydrogens (tertiary/aromatic N) is 4. The average Bonchev–Trinajstić information content (AvgIpc) is 2.97. The van der Waals surface area contributed by atoms with Crippen molar-refractivity contribution in [3.63, 3.8) is 0 Å². The monoisotopic (exact) mass is 281 g/mol. The first-order valence-corrected chi connectivity index (χ1v) is 6.27. The zero-order valence-corrected chi connectivity index (χ0v) is 11.0. The van der Waals surface area contributed by atoms with E-state index in [1.54, 1.807) is 18.5 Å². The standard InChI is InChI=1S/C10H11N5O3S/c1-6-8(15(17)18)5-14(13-6)7(2)9(16)12-10-11-3-4-19-10/h3-5,7H,1-2H3,(H,11,12,16)/t7-/m1/s1. The summed E-state index contributed by atoms with van der Waals surface area (Å²) in [6.45, 7) is 3.14. The van der Waals surface area contributed by atoms with E-state index in [1.165, 1.54) is 29.1 Å². The van der Waals surface area contributed by atoms with Crippen LogP contribution in [0, 0.1) is 17.0 Å². The summed E-state index contributed by atoms with van der Waals surface area (Å²) < 4.78 is 1.27. The first kappa shape index (κ1) is 13.1. The minimum absolute atomic E-state index is 0.103. The van der Waals surface area contributed by atoms with Crippen molar-refractivity contribution in [3.05, 3.63) is 33.6 Å². The van der Waals surface area contributed by atoms with Gasteiger partial charge in [-0.15, -0.1) is 11.3 Å². The first-order valence-electron chi connectivity index (χ1n) is 5.39. The van der Waals surface area contributed by atoms with Gasteiger partial charge in [0.2, 0.25) is 0 Å². The van der Waals surface area contributed by atoms with Gasteiger partial charge in [0.1, 0.15) is 17.9 Å². The Labute approximate surface area is 112 Å². The highest BCUT2D eigenvalue weighted by Crippen LogP contribution is 2.19. The molecule has 0 spiro atoms. The molecule has 0 aliphatic heterocycles. The topological polar surface area (TPSA) is 103 Å². The van der Waals surface area contributed by atoms with Crippen LogP contribution in [0.2, 0.25) is 0 Å². The smallest absolute Gasteiger partial charge is 0.300 e. The molecule has 0 unspecified atom stereocenters. The third-order valence-corrected chi connectivity index (χ3v) is 3.21. The van der Waals surface area contributed by atoms with Crippen molar-refractivity contribution in [3.8, 4) is 0 Å². The van der Waals surface area contributed by atoms with E-state index in [0.717, 1.165) is 0 Å². The van der Waals surface area contributed by atoms with Crippen molar-refractivity contribution in [1.82, 2.24) is 14.8 Å². The van der Waals surface area contributed by atoms with Crippen LogP contribution in [0.5, 0.6) is 0 Å². The highest BCUT2D eigenvalue weighted by molar-refractivity contribution is 7.13. The summed E-state index contributed by atoms with van der Waals surface area (Å²) in [5.41, 5.74) is 0.174. The summed E-state index contributed by atoms with van der Waals surface area (Å²) in [5.74, 6) is -0.327. The number of aryl methyl sites for hydroxylation is 1. The fourth-order valence-electron chi connectivity index (χ4n) is 1.46. The summed E-state index contributed by atoms with van der Waals surface area (Å²) >= 11 is 1.30. The van der Waals surface area contributed by atoms with Gasteiger partial charge in [-0.3, -0.25) is 19.6 Å². The number of thiazole rings is 1. The molecule has 1 amide bonds. The summed E-state index contributed by atoms with van der Waals surface area (Å²) in [5, 5.41) is 19.5. The minimum Gasteiger partial charge on any atom is -0.300 e. The van der Waals surface area contributed by atoms with E-state index < -0.39 is 11.0 Å². The third-order valence-electron chi connectivity index (χ3n) is 2.53. The lowest BCUT2D eigenvalue weighted by Gasteiger charge is -2.10. The molecular formula is C10H11N5O3S. The quantitative estimate of drug-likeness (QED) is 0.679. The van der Waals surface area contributed by atoms with Crippen LogP contribution in [0.15, 0.2) is 17.8 Å². The average molecular weight is 281 g/mol. The zero-order valence-electron chi connectivity index (χ0n) is 10.2. The van der Waals surface area contributed by atoms with Gasteiger partial charge < -0.3 is 5.32 Å². The van der Waals surface area contributed by atoms with Crippen LogP contribution in [0.25, 0.3) is 0 Å².